The number of rotatable bonds is 5. The molecule has 0 radical (unpaired) electrons. The normalized spacial score (nSPS) is 28.2. The molecule has 2 unspecified atom stereocenters. The van der Waals surface area contributed by atoms with Gasteiger partial charge < -0.3 is 5.32 Å². The van der Waals surface area contributed by atoms with Crippen molar-refractivity contribution < 1.29 is 0 Å². The van der Waals surface area contributed by atoms with Crippen LogP contribution in [0.1, 0.15) is 20.8 Å². The number of hydrogen-bond acceptors (Lipinski definition) is 2. The van der Waals surface area contributed by atoms with E-state index in [-0.39, 0.29) is 0 Å². The zero-order valence-corrected chi connectivity index (χ0v) is 9.84. The molecule has 1 aliphatic heterocycles. The average molecular weight is 196 g/mol. The lowest BCUT2D eigenvalue weighted by atomic mass is 10.0. The summed E-state index contributed by atoms with van der Waals surface area (Å²) in [6.07, 6.45) is 0. The Hall–Kier alpha value is -0.340. The lowest BCUT2D eigenvalue weighted by molar-refractivity contribution is 0.349. The first kappa shape index (κ1) is 11.7. The Kier molecular flexibility index (Phi) is 4.63. The molecule has 0 saturated carbocycles. The van der Waals surface area contributed by atoms with Crippen molar-refractivity contribution in [2.24, 2.45) is 11.8 Å². The molecule has 0 bridgehead atoms. The van der Waals surface area contributed by atoms with E-state index in [4.69, 9.17) is 0 Å². The summed E-state index contributed by atoms with van der Waals surface area (Å²) >= 11 is 0. The third kappa shape index (κ3) is 3.43. The van der Waals surface area contributed by atoms with Crippen molar-refractivity contribution in [2.45, 2.75) is 20.8 Å². The molecule has 0 aromatic carbocycles. The van der Waals surface area contributed by atoms with E-state index in [2.05, 4.69) is 37.6 Å². The summed E-state index contributed by atoms with van der Waals surface area (Å²) < 4.78 is 0. The van der Waals surface area contributed by atoms with Crippen molar-refractivity contribution in [3.8, 4) is 0 Å². The molecule has 82 valence electrons. The van der Waals surface area contributed by atoms with Crippen molar-refractivity contribution in [1.82, 2.24) is 10.2 Å². The van der Waals surface area contributed by atoms with Crippen LogP contribution in [-0.4, -0.2) is 37.6 Å². The molecule has 1 N–H and O–H groups in total. The van der Waals surface area contributed by atoms with E-state index in [0.29, 0.717) is 0 Å². The SMILES string of the molecule is C=C(CNCC)CN1CC(C)C(C)C1. The summed E-state index contributed by atoms with van der Waals surface area (Å²) in [6.45, 7) is 16.5. The van der Waals surface area contributed by atoms with Gasteiger partial charge in [0.15, 0.2) is 0 Å². The summed E-state index contributed by atoms with van der Waals surface area (Å²) in [5, 5.41) is 3.32. The molecule has 0 amide bonds. The second-order valence-corrected chi connectivity index (χ2v) is 4.68. The highest BCUT2D eigenvalue weighted by molar-refractivity contribution is 5.01. The quantitative estimate of drug-likeness (QED) is 0.674. The van der Waals surface area contributed by atoms with Gasteiger partial charge in [0.05, 0.1) is 0 Å². The first-order valence-electron chi connectivity index (χ1n) is 5.73. The van der Waals surface area contributed by atoms with Crippen molar-refractivity contribution >= 4 is 0 Å². The van der Waals surface area contributed by atoms with E-state index >= 15 is 0 Å². The topological polar surface area (TPSA) is 15.3 Å². The highest BCUT2D eigenvalue weighted by Gasteiger charge is 2.25. The maximum Gasteiger partial charge on any atom is 0.0203 e. The molecule has 0 spiro atoms. The van der Waals surface area contributed by atoms with Gasteiger partial charge in [-0.05, 0) is 24.0 Å². The Bertz CT molecular complexity index is 179. The molecule has 1 saturated heterocycles. The van der Waals surface area contributed by atoms with E-state index < -0.39 is 0 Å². The highest BCUT2D eigenvalue weighted by Crippen LogP contribution is 2.22. The van der Waals surface area contributed by atoms with Crippen molar-refractivity contribution in [2.75, 3.05) is 32.7 Å². The molecule has 14 heavy (non-hydrogen) atoms. The summed E-state index contributed by atoms with van der Waals surface area (Å²) in [7, 11) is 0. The molecule has 1 heterocycles. The van der Waals surface area contributed by atoms with Crippen molar-refractivity contribution in [1.29, 1.82) is 0 Å². The van der Waals surface area contributed by atoms with Crippen molar-refractivity contribution in [3.63, 3.8) is 0 Å². The Morgan fingerprint density at radius 3 is 2.43 bits per heavy atom. The smallest absolute Gasteiger partial charge is 0.0203 e. The van der Waals surface area contributed by atoms with Crippen LogP contribution in [0.4, 0.5) is 0 Å². The third-order valence-electron chi connectivity index (χ3n) is 3.14. The fourth-order valence-electron chi connectivity index (χ4n) is 2.05. The lowest BCUT2D eigenvalue weighted by Crippen LogP contribution is -2.27. The molecule has 1 rings (SSSR count). The van der Waals surface area contributed by atoms with Gasteiger partial charge in [-0.2, -0.15) is 0 Å². The fraction of sp³-hybridized carbons (Fsp3) is 0.833. The predicted octanol–water partition coefficient (Wildman–Crippen LogP) is 1.74. The largest absolute Gasteiger partial charge is 0.313 e. The minimum absolute atomic E-state index is 0.849. The standard InChI is InChI=1S/C12H24N2/c1-5-13-6-10(2)7-14-8-11(3)12(4)9-14/h11-13H,2,5-9H2,1,3-4H3. The summed E-state index contributed by atoms with van der Waals surface area (Å²) in [5.41, 5.74) is 1.31. The summed E-state index contributed by atoms with van der Waals surface area (Å²) in [5.74, 6) is 1.70. The van der Waals surface area contributed by atoms with Gasteiger partial charge in [0.2, 0.25) is 0 Å². The van der Waals surface area contributed by atoms with E-state index in [9.17, 15) is 0 Å². The Morgan fingerprint density at radius 2 is 1.93 bits per heavy atom. The fourth-order valence-corrected chi connectivity index (χ4v) is 2.05. The van der Waals surface area contributed by atoms with E-state index in [1.165, 1.54) is 18.7 Å². The molecule has 0 aliphatic carbocycles. The Balaban J connectivity index is 2.21. The van der Waals surface area contributed by atoms with Gasteiger partial charge in [-0.25, -0.2) is 0 Å². The second kappa shape index (κ2) is 5.52. The van der Waals surface area contributed by atoms with Crippen LogP contribution in [-0.2, 0) is 0 Å². The first-order chi connectivity index (χ1) is 6.63. The molecule has 2 heteroatoms. The van der Waals surface area contributed by atoms with Crippen LogP contribution in [0.25, 0.3) is 0 Å². The van der Waals surface area contributed by atoms with Crippen LogP contribution in [0, 0.1) is 11.8 Å². The van der Waals surface area contributed by atoms with E-state index in [0.717, 1.165) is 31.5 Å². The zero-order valence-electron chi connectivity index (χ0n) is 9.84. The first-order valence-corrected chi connectivity index (χ1v) is 5.73. The van der Waals surface area contributed by atoms with Gasteiger partial charge in [0, 0.05) is 26.2 Å². The molecule has 2 atom stereocenters. The molecule has 1 fully saturated rings. The van der Waals surface area contributed by atoms with Crippen LogP contribution in [0.2, 0.25) is 0 Å². The van der Waals surface area contributed by atoms with Gasteiger partial charge >= 0.3 is 0 Å². The third-order valence-corrected chi connectivity index (χ3v) is 3.14. The number of likely N-dealkylation sites (N-methyl/N-ethyl adjacent to an activating group) is 1. The zero-order chi connectivity index (χ0) is 10.6. The Labute approximate surface area is 88.4 Å². The number of likely N-dealkylation sites (tertiary alicyclic amines) is 1. The molecule has 0 aromatic rings. The van der Waals surface area contributed by atoms with Crippen molar-refractivity contribution in [3.05, 3.63) is 12.2 Å². The molecule has 0 aromatic heterocycles. The molecule has 1 aliphatic rings. The van der Waals surface area contributed by atoms with Gasteiger partial charge in [0.1, 0.15) is 0 Å². The van der Waals surface area contributed by atoms with Crippen LogP contribution < -0.4 is 5.32 Å². The lowest BCUT2D eigenvalue weighted by Gasteiger charge is -2.17. The summed E-state index contributed by atoms with van der Waals surface area (Å²) in [6, 6.07) is 0. The van der Waals surface area contributed by atoms with Crippen LogP contribution in [0.15, 0.2) is 12.2 Å². The number of hydrogen-bond donors (Lipinski definition) is 1. The molecular formula is C12H24N2. The van der Waals surface area contributed by atoms with Crippen LogP contribution in [0.5, 0.6) is 0 Å². The molecule has 2 nitrogen and oxygen atoms in total. The van der Waals surface area contributed by atoms with Gasteiger partial charge in [-0.1, -0.05) is 27.4 Å². The highest BCUT2D eigenvalue weighted by atomic mass is 15.2. The Morgan fingerprint density at radius 1 is 1.36 bits per heavy atom. The predicted molar refractivity (Wildman–Crippen MR) is 62.5 cm³/mol. The van der Waals surface area contributed by atoms with Gasteiger partial charge in [-0.3, -0.25) is 4.90 Å². The average Bonchev–Trinajstić information content (AvgIpc) is 2.42. The minimum atomic E-state index is 0.849. The monoisotopic (exact) mass is 196 g/mol. The number of nitrogens with zero attached hydrogens (tertiary/aromatic N) is 1. The second-order valence-electron chi connectivity index (χ2n) is 4.68. The van der Waals surface area contributed by atoms with E-state index in [1.807, 2.05) is 0 Å². The van der Waals surface area contributed by atoms with Gasteiger partial charge in [-0.15, -0.1) is 0 Å². The maximum atomic E-state index is 4.10. The number of nitrogens with one attached hydrogen (secondary N) is 1. The van der Waals surface area contributed by atoms with Crippen LogP contribution in [0.3, 0.4) is 0 Å². The summed E-state index contributed by atoms with van der Waals surface area (Å²) in [4.78, 5) is 2.52. The van der Waals surface area contributed by atoms with Gasteiger partial charge in [0.25, 0.3) is 0 Å². The maximum absolute atomic E-state index is 4.10. The van der Waals surface area contributed by atoms with Crippen LogP contribution >= 0.6 is 0 Å². The van der Waals surface area contributed by atoms with E-state index in [1.54, 1.807) is 0 Å². The molecular weight excluding hydrogens is 172 g/mol. The minimum Gasteiger partial charge on any atom is -0.313 e.